The monoisotopic (exact) mass is 1070 g/mol. The Morgan fingerprint density at radius 2 is 1.16 bits per heavy atom. The van der Waals surface area contributed by atoms with E-state index in [9.17, 15) is 71.2 Å². The third-order valence-electron chi connectivity index (χ3n) is 21.2. The number of carbonyl (C=O) groups is 1. The van der Waals surface area contributed by atoms with E-state index in [2.05, 4.69) is 40.7 Å². The van der Waals surface area contributed by atoms with E-state index < -0.39 is 176 Å². The van der Waals surface area contributed by atoms with Gasteiger partial charge in [0.05, 0.1) is 43.5 Å². The highest BCUT2D eigenvalue weighted by Crippen LogP contribution is 2.76. The van der Waals surface area contributed by atoms with Gasteiger partial charge in [0.15, 0.2) is 18.9 Å². The lowest BCUT2D eigenvalue weighted by molar-refractivity contribution is -0.388. The van der Waals surface area contributed by atoms with Gasteiger partial charge in [-0.25, -0.2) is 0 Å². The number of hydrogen-bond acceptors (Lipinski definition) is 22. The average molecular weight is 1080 g/mol. The van der Waals surface area contributed by atoms with E-state index in [0.29, 0.717) is 38.5 Å². The van der Waals surface area contributed by atoms with Crippen LogP contribution in [0.15, 0.2) is 11.6 Å². The molecule has 0 aromatic heterocycles. The number of aliphatic hydroxyl groups excluding tert-OH is 13. The van der Waals surface area contributed by atoms with Gasteiger partial charge in [-0.05, 0) is 104 Å². The maximum absolute atomic E-state index is 14.8. The molecule has 0 aromatic rings. The van der Waals surface area contributed by atoms with Crippen molar-refractivity contribution in [2.24, 2.45) is 50.2 Å². The van der Waals surface area contributed by atoms with Crippen LogP contribution in [0, 0.1) is 50.2 Å². The van der Waals surface area contributed by atoms with Crippen LogP contribution < -0.4 is 0 Å². The van der Waals surface area contributed by atoms with Crippen molar-refractivity contribution in [1.82, 2.24) is 0 Å². The number of allylic oxidation sites excluding steroid dienone is 1. The van der Waals surface area contributed by atoms with E-state index in [-0.39, 0.29) is 29.3 Å². The Balaban J connectivity index is 0.984. The molecule has 0 radical (unpaired) electrons. The van der Waals surface area contributed by atoms with Gasteiger partial charge in [-0.1, -0.05) is 60.1 Å². The molecule has 0 bridgehead atoms. The molecule has 4 unspecified atom stereocenters. The highest BCUT2D eigenvalue weighted by atomic mass is 16.8. The zero-order chi connectivity index (χ0) is 54.9. The van der Waals surface area contributed by atoms with Crippen molar-refractivity contribution in [2.75, 3.05) is 19.8 Å². The van der Waals surface area contributed by atoms with Crippen LogP contribution in [0.3, 0.4) is 0 Å². The summed E-state index contributed by atoms with van der Waals surface area (Å²) in [5.74, 6) is -1.09. The summed E-state index contributed by atoms with van der Waals surface area (Å²) in [6.45, 7) is 15.0. The van der Waals surface area contributed by atoms with Crippen molar-refractivity contribution >= 4 is 5.97 Å². The van der Waals surface area contributed by atoms with E-state index in [1.54, 1.807) is 0 Å². The number of esters is 1. The smallest absolute Gasteiger partial charge is 0.315 e. The van der Waals surface area contributed by atoms with Gasteiger partial charge < -0.3 is 104 Å². The third kappa shape index (κ3) is 9.21. The van der Waals surface area contributed by atoms with Crippen molar-refractivity contribution < 1.29 is 109 Å². The molecule has 22 nitrogen and oxygen atoms in total. The number of fused-ring (bicyclic) bond motifs is 7. The van der Waals surface area contributed by atoms with E-state index in [1.165, 1.54) is 6.92 Å². The topological polar surface area (TPSA) is 354 Å². The summed E-state index contributed by atoms with van der Waals surface area (Å²) >= 11 is 0. The predicted molar refractivity (Wildman–Crippen MR) is 257 cm³/mol. The van der Waals surface area contributed by atoms with Gasteiger partial charge in [0, 0.05) is 5.92 Å². The minimum absolute atomic E-state index is 0.0754. The Labute approximate surface area is 437 Å². The van der Waals surface area contributed by atoms with E-state index in [4.69, 9.17) is 37.9 Å². The fourth-order valence-corrected chi connectivity index (χ4v) is 16.2. The van der Waals surface area contributed by atoms with Crippen LogP contribution in [-0.4, -0.2) is 221 Å². The predicted octanol–water partition coefficient (Wildman–Crippen LogP) is -1.40. The van der Waals surface area contributed by atoms with Crippen LogP contribution in [0.5, 0.6) is 0 Å². The number of aliphatic hydroxyl groups is 13. The summed E-state index contributed by atoms with van der Waals surface area (Å²) in [6, 6.07) is 0. The molecule has 75 heavy (non-hydrogen) atoms. The Morgan fingerprint density at radius 1 is 0.600 bits per heavy atom. The Kier molecular flexibility index (Phi) is 16.1. The summed E-state index contributed by atoms with van der Waals surface area (Å²) in [5, 5.41) is 140. The summed E-state index contributed by atoms with van der Waals surface area (Å²) in [5.41, 5.74) is -2.34. The molecule has 22 heteroatoms. The molecule has 5 aliphatic carbocycles. The van der Waals surface area contributed by atoms with E-state index >= 15 is 0 Å². The molecule has 4 aliphatic heterocycles. The SMILES string of the molecule is C[C@H]1O[C@@H](O[C@H]2[C@H](OC3CC[C@@]4(C)C(CC[C@]5(C)C4CC=C4C6[C@H](O)C(C)(C)CC[C@]6(C(=O)O[C@@H]6O[C@H](CO)[C@@H](O)[C@H](O)[C@H]6O)CC[C@]45C)C3(C)C)OC[C@@H](O)[C@H]2O[C@@H]2O[C@H](CO)[C@@H](O)[C@H](O)[C@H]2O)[C@H](O)[C@H](O)[C@@H]1O. The minimum Gasteiger partial charge on any atom is -0.432 e. The Bertz CT molecular complexity index is 2070. The molecule has 4 saturated heterocycles. The lowest BCUT2D eigenvalue weighted by Gasteiger charge is -2.71. The molecule has 0 aromatic carbocycles. The molecule has 430 valence electrons. The molecule has 0 amide bonds. The van der Waals surface area contributed by atoms with Gasteiger partial charge in [-0.3, -0.25) is 4.79 Å². The molecule has 4 heterocycles. The van der Waals surface area contributed by atoms with E-state index in [0.717, 1.165) is 24.8 Å². The van der Waals surface area contributed by atoms with Gasteiger partial charge in [0.2, 0.25) is 6.29 Å². The van der Waals surface area contributed by atoms with Crippen molar-refractivity contribution in [3.8, 4) is 0 Å². The molecule has 4 saturated carbocycles. The number of rotatable bonds is 10. The molecule has 9 aliphatic rings. The summed E-state index contributed by atoms with van der Waals surface area (Å²) in [6.07, 6.45) is -23.5. The first kappa shape index (κ1) is 58.1. The standard InChI is InChI=1S/C53H86O22/c1-22-31(57)34(60)37(63)43(69-22)74-41-40(73-44-38(64)35(61)32(58)25(19-54)70-44)24(56)21-68-46(41)72-29-12-13-50(6)27(49(29,4)5)11-14-52(8)28(50)10-9-23-30-42(66)48(2,3)15-17-53(30,18-16-51(23,52)7)47(67)75-45-39(65)36(62)33(59)26(20-55)71-45/h9,22,24-46,54-66H,10-21H2,1-8H3/t22-,24-,25-,26-,27?,28?,29?,30?,31-,32-,33-,34-,35+,36+,37-,38-,39-,40-,41-,42+,43+,44+,45+,46+,50+,51-,52-,53+/m1/s1. The number of ether oxygens (including phenoxy) is 8. The van der Waals surface area contributed by atoms with Crippen molar-refractivity contribution in [3.05, 3.63) is 11.6 Å². The van der Waals surface area contributed by atoms with Crippen molar-refractivity contribution in [2.45, 2.75) is 242 Å². The van der Waals surface area contributed by atoms with Crippen molar-refractivity contribution in [1.29, 1.82) is 0 Å². The first-order chi connectivity index (χ1) is 35.0. The summed E-state index contributed by atoms with van der Waals surface area (Å²) < 4.78 is 48.8. The lowest BCUT2D eigenvalue weighted by Crippen LogP contribution is -2.68. The summed E-state index contributed by atoms with van der Waals surface area (Å²) in [7, 11) is 0. The molecule has 28 atom stereocenters. The fourth-order valence-electron chi connectivity index (χ4n) is 16.2. The second-order valence-electron chi connectivity index (χ2n) is 25.8. The molecule has 13 N–H and O–H groups in total. The normalized spacial score (nSPS) is 54.5. The van der Waals surface area contributed by atoms with Crippen LogP contribution in [0.4, 0.5) is 0 Å². The molecule has 9 rings (SSSR count). The van der Waals surface area contributed by atoms with Crippen LogP contribution in [0.2, 0.25) is 0 Å². The first-order valence-corrected chi connectivity index (χ1v) is 27.2. The van der Waals surface area contributed by atoms with Crippen LogP contribution in [0.25, 0.3) is 0 Å². The second kappa shape index (κ2) is 20.7. The largest absolute Gasteiger partial charge is 0.432 e. The van der Waals surface area contributed by atoms with Gasteiger partial charge in [0.1, 0.15) is 85.5 Å². The molecular formula is C53H86O22. The van der Waals surface area contributed by atoms with Crippen molar-refractivity contribution in [3.63, 3.8) is 0 Å². The van der Waals surface area contributed by atoms with Crippen LogP contribution in [-0.2, 0) is 42.7 Å². The number of hydrogen-bond donors (Lipinski definition) is 13. The third-order valence-corrected chi connectivity index (χ3v) is 21.2. The van der Waals surface area contributed by atoms with Gasteiger partial charge in [-0.15, -0.1) is 0 Å². The summed E-state index contributed by atoms with van der Waals surface area (Å²) in [4.78, 5) is 14.8. The highest BCUT2D eigenvalue weighted by Gasteiger charge is 2.71. The maximum Gasteiger partial charge on any atom is 0.315 e. The molecule has 0 spiro atoms. The minimum atomic E-state index is -1.84. The molecular weight excluding hydrogens is 989 g/mol. The Morgan fingerprint density at radius 3 is 1.79 bits per heavy atom. The van der Waals surface area contributed by atoms with Crippen LogP contribution in [0.1, 0.15) is 113 Å². The lowest BCUT2D eigenvalue weighted by atomic mass is 9.33. The zero-order valence-corrected chi connectivity index (χ0v) is 44.4. The zero-order valence-electron chi connectivity index (χ0n) is 44.4. The fraction of sp³-hybridized carbons (Fsp3) is 0.943. The maximum atomic E-state index is 14.8. The quantitative estimate of drug-likeness (QED) is 0.0680. The van der Waals surface area contributed by atoms with Gasteiger partial charge >= 0.3 is 5.97 Å². The van der Waals surface area contributed by atoms with Crippen LogP contribution >= 0.6 is 0 Å². The Hall–Kier alpha value is -1.59. The molecule has 8 fully saturated rings. The van der Waals surface area contributed by atoms with Gasteiger partial charge in [0.25, 0.3) is 0 Å². The van der Waals surface area contributed by atoms with Gasteiger partial charge in [-0.2, -0.15) is 0 Å². The first-order valence-electron chi connectivity index (χ1n) is 27.2. The average Bonchev–Trinajstić information content (AvgIpc) is 3.38. The number of carbonyl (C=O) groups excluding carboxylic acids is 1. The highest BCUT2D eigenvalue weighted by molar-refractivity contribution is 5.79. The second-order valence-corrected chi connectivity index (χ2v) is 25.8. The van der Waals surface area contributed by atoms with E-state index in [1.807, 2.05) is 13.8 Å².